The van der Waals surface area contributed by atoms with Crippen LogP contribution in [0, 0.1) is 0 Å². The molecule has 5 heteroatoms. The molecular formula is C26H25ClN2O2. The number of primary amides is 1. The minimum absolute atomic E-state index is 0.101. The lowest BCUT2D eigenvalue weighted by Gasteiger charge is -2.48. The quantitative estimate of drug-likeness (QED) is 0.565. The molecule has 2 heterocycles. The number of rotatable bonds is 5. The van der Waals surface area contributed by atoms with E-state index in [0.29, 0.717) is 17.9 Å². The molecule has 1 aliphatic carbocycles. The molecule has 1 fully saturated rings. The Bertz CT molecular complexity index is 1130. The second-order valence-corrected chi connectivity index (χ2v) is 9.08. The summed E-state index contributed by atoms with van der Waals surface area (Å²) in [5.74, 6) is 0.775. The van der Waals surface area contributed by atoms with Gasteiger partial charge in [0, 0.05) is 34.7 Å². The van der Waals surface area contributed by atoms with Crippen molar-refractivity contribution in [1.29, 1.82) is 0 Å². The maximum Gasteiger partial charge on any atom is 0.217 e. The van der Waals surface area contributed by atoms with E-state index in [1.807, 2.05) is 42.6 Å². The van der Waals surface area contributed by atoms with Gasteiger partial charge in [-0.15, -0.1) is 0 Å². The Labute approximate surface area is 187 Å². The van der Waals surface area contributed by atoms with Gasteiger partial charge in [0.05, 0.1) is 5.69 Å². The average Bonchev–Trinajstić information content (AvgIpc) is 2.76. The van der Waals surface area contributed by atoms with Crippen molar-refractivity contribution in [3.8, 4) is 17.0 Å². The van der Waals surface area contributed by atoms with E-state index in [4.69, 9.17) is 22.1 Å². The second kappa shape index (κ2) is 8.01. The molecule has 3 aromatic rings. The molecule has 1 aliphatic heterocycles. The molecule has 0 saturated heterocycles. The molecule has 0 radical (unpaired) electrons. The number of halogens is 1. The third-order valence-electron chi connectivity index (χ3n) is 6.63. The van der Waals surface area contributed by atoms with Gasteiger partial charge in [0.1, 0.15) is 11.4 Å². The van der Waals surface area contributed by atoms with Gasteiger partial charge in [0.15, 0.2) is 0 Å². The van der Waals surface area contributed by atoms with Crippen LogP contribution in [0.5, 0.6) is 5.75 Å². The number of pyridine rings is 1. The summed E-state index contributed by atoms with van der Waals surface area (Å²) in [6.07, 6.45) is 6.97. The Morgan fingerprint density at radius 2 is 2.00 bits per heavy atom. The number of hydrogen-bond acceptors (Lipinski definition) is 3. The predicted molar refractivity (Wildman–Crippen MR) is 122 cm³/mol. The lowest BCUT2D eigenvalue weighted by Crippen LogP contribution is -2.47. The first-order valence-electron chi connectivity index (χ1n) is 10.8. The van der Waals surface area contributed by atoms with Crippen LogP contribution < -0.4 is 10.5 Å². The van der Waals surface area contributed by atoms with Crippen LogP contribution in [0.1, 0.15) is 54.7 Å². The molecule has 31 heavy (non-hydrogen) atoms. The Hall–Kier alpha value is -2.85. The smallest absolute Gasteiger partial charge is 0.217 e. The van der Waals surface area contributed by atoms with Crippen LogP contribution >= 0.6 is 11.6 Å². The molecule has 1 saturated carbocycles. The maximum atomic E-state index is 11.5. The van der Waals surface area contributed by atoms with Crippen molar-refractivity contribution in [3.05, 3.63) is 82.5 Å². The van der Waals surface area contributed by atoms with Gasteiger partial charge in [-0.3, -0.25) is 9.78 Å². The highest BCUT2D eigenvalue weighted by molar-refractivity contribution is 6.30. The number of carbonyl (C=O) groups is 1. The van der Waals surface area contributed by atoms with Gasteiger partial charge < -0.3 is 10.5 Å². The Morgan fingerprint density at radius 3 is 2.71 bits per heavy atom. The standard InChI is InChI=1S/C26H25ClN2O2/c27-18-9-10-23-20(15-18)21(16-26(31-23)12-4-13-26)19-6-3-5-17(8-11-24(28)30)25(19)22-7-1-2-14-29-22/h1-3,5-7,9-10,14-15,21H,4,8,11-13,16H2,(H2,28,30). The molecule has 0 bridgehead atoms. The van der Waals surface area contributed by atoms with Crippen LogP contribution in [0.15, 0.2) is 60.8 Å². The van der Waals surface area contributed by atoms with Gasteiger partial charge in [-0.1, -0.05) is 35.9 Å². The van der Waals surface area contributed by atoms with Crippen LogP contribution in [-0.4, -0.2) is 16.5 Å². The molecule has 4 nitrogen and oxygen atoms in total. The predicted octanol–water partition coefficient (Wildman–Crippen LogP) is 5.66. The van der Waals surface area contributed by atoms with Crippen molar-refractivity contribution in [3.63, 3.8) is 0 Å². The molecular weight excluding hydrogens is 408 g/mol. The van der Waals surface area contributed by atoms with Crippen LogP contribution in [0.25, 0.3) is 11.3 Å². The van der Waals surface area contributed by atoms with Gasteiger partial charge >= 0.3 is 0 Å². The van der Waals surface area contributed by atoms with E-state index in [9.17, 15) is 4.79 Å². The second-order valence-electron chi connectivity index (χ2n) is 8.64. The summed E-state index contributed by atoms with van der Waals surface area (Å²) in [5, 5.41) is 0.709. The topological polar surface area (TPSA) is 65.2 Å². The molecule has 1 spiro atoms. The highest BCUT2D eigenvalue weighted by Crippen LogP contribution is 2.53. The molecule has 2 N–H and O–H groups in total. The zero-order valence-electron chi connectivity index (χ0n) is 17.3. The molecule has 2 aliphatic rings. The third kappa shape index (κ3) is 3.81. The number of ether oxygens (including phenoxy) is 1. The van der Waals surface area contributed by atoms with Crippen molar-refractivity contribution >= 4 is 17.5 Å². The summed E-state index contributed by atoms with van der Waals surface area (Å²) in [6, 6.07) is 18.2. The van der Waals surface area contributed by atoms with Gasteiger partial charge in [0.2, 0.25) is 5.91 Å². The number of fused-ring (bicyclic) bond motifs is 1. The molecule has 1 unspecified atom stereocenters. The summed E-state index contributed by atoms with van der Waals surface area (Å²) in [4.78, 5) is 16.2. The fourth-order valence-corrected chi connectivity index (χ4v) is 5.18. The number of amides is 1. The van der Waals surface area contributed by atoms with E-state index >= 15 is 0 Å². The summed E-state index contributed by atoms with van der Waals surface area (Å²) in [6.45, 7) is 0. The first-order chi connectivity index (χ1) is 15.0. The van der Waals surface area contributed by atoms with E-state index in [1.54, 1.807) is 0 Å². The first-order valence-corrected chi connectivity index (χ1v) is 11.2. The maximum absolute atomic E-state index is 11.5. The summed E-state index contributed by atoms with van der Waals surface area (Å²) in [7, 11) is 0. The van der Waals surface area contributed by atoms with Crippen molar-refractivity contribution in [2.24, 2.45) is 5.73 Å². The molecule has 5 rings (SSSR count). The van der Waals surface area contributed by atoms with E-state index in [1.165, 1.54) is 12.0 Å². The van der Waals surface area contributed by atoms with Gasteiger partial charge in [-0.25, -0.2) is 0 Å². The summed E-state index contributed by atoms with van der Waals surface area (Å²) < 4.78 is 6.48. The minimum atomic E-state index is -0.297. The van der Waals surface area contributed by atoms with E-state index in [0.717, 1.165) is 47.4 Å². The van der Waals surface area contributed by atoms with Crippen molar-refractivity contribution in [1.82, 2.24) is 4.98 Å². The number of nitrogens with zero attached hydrogens (tertiary/aromatic N) is 1. The van der Waals surface area contributed by atoms with Crippen LogP contribution in [0.2, 0.25) is 5.02 Å². The van der Waals surface area contributed by atoms with Crippen molar-refractivity contribution in [2.75, 3.05) is 0 Å². The van der Waals surface area contributed by atoms with Gasteiger partial charge in [-0.2, -0.15) is 0 Å². The minimum Gasteiger partial charge on any atom is -0.487 e. The Kier molecular flexibility index (Phi) is 5.19. The van der Waals surface area contributed by atoms with Gasteiger partial charge in [-0.05, 0) is 73.6 Å². The molecule has 158 valence electrons. The number of benzene rings is 2. The number of hydrogen-bond donors (Lipinski definition) is 1. The average molecular weight is 433 g/mol. The fraction of sp³-hybridized carbons (Fsp3) is 0.308. The number of aryl methyl sites for hydroxylation is 1. The Balaban J connectivity index is 1.68. The molecule has 1 aromatic heterocycles. The SMILES string of the molecule is NC(=O)CCc1cccc(C2CC3(CCC3)Oc3ccc(Cl)cc32)c1-c1ccccn1. The lowest BCUT2D eigenvalue weighted by atomic mass is 9.68. The zero-order valence-corrected chi connectivity index (χ0v) is 18.1. The third-order valence-corrected chi connectivity index (χ3v) is 6.87. The normalized spacial score (nSPS) is 18.7. The lowest BCUT2D eigenvalue weighted by molar-refractivity contribution is -0.117. The summed E-state index contributed by atoms with van der Waals surface area (Å²) in [5.41, 5.74) is 10.8. The fourth-order valence-electron chi connectivity index (χ4n) is 5.00. The van der Waals surface area contributed by atoms with Crippen LogP contribution in [0.4, 0.5) is 0 Å². The van der Waals surface area contributed by atoms with E-state index < -0.39 is 0 Å². The van der Waals surface area contributed by atoms with E-state index in [2.05, 4.69) is 23.2 Å². The number of nitrogens with two attached hydrogens (primary N) is 1. The van der Waals surface area contributed by atoms with E-state index in [-0.39, 0.29) is 17.4 Å². The van der Waals surface area contributed by atoms with Crippen LogP contribution in [0.3, 0.4) is 0 Å². The van der Waals surface area contributed by atoms with Crippen molar-refractivity contribution < 1.29 is 9.53 Å². The highest BCUT2D eigenvalue weighted by Gasteiger charge is 2.46. The molecule has 1 atom stereocenters. The zero-order chi connectivity index (χ0) is 21.4. The number of aromatic nitrogens is 1. The van der Waals surface area contributed by atoms with Crippen molar-refractivity contribution in [2.45, 2.75) is 50.0 Å². The first kappa shape index (κ1) is 20.1. The largest absolute Gasteiger partial charge is 0.487 e. The number of carbonyl (C=O) groups excluding carboxylic acids is 1. The summed E-state index contributed by atoms with van der Waals surface area (Å²) >= 11 is 6.40. The van der Waals surface area contributed by atoms with Gasteiger partial charge in [0.25, 0.3) is 0 Å². The molecule has 1 amide bonds. The molecule has 2 aromatic carbocycles. The Morgan fingerprint density at radius 1 is 1.13 bits per heavy atom. The van der Waals surface area contributed by atoms with Crippen LogP contribution in [-0.2, 0) is 11.2 Å². The highest BCUT2D eigenvalue weighted by atomic mass is 35.5. The monoisotopic (exact) mass is 432 g/mol.